The fraction of sp³-hybridized carbons (Fsp3) is 0.643. The molecule has 1 saturated heterocycles. The van der Waals surface area contributed by atoms with Crippen LogP contribution in [0.15, 0.2) is 11.4 Å². The molecular weight excluding hydrogens is 274 g/mol. The molecule has 2 N–H and O–H groups in total. The average molecular weight is 297 g/mol. The summed E-state index contributed by atoms with van der Waals surface area (Å²) in [5.41, 5.74) is 1.23. The van der Waals surface area contributed by atoms with Gasteiger partial charge in [0.15, 0.2) is 0 Å². The summed E-state index contributed by atoms with van der Waals surface area (Å²) in [4.78, 5) is 15.3. The van der Waals surface area contributed by atoms with E-state index in [1.807, 2.05) is 5.38 Å². The number of nitrogens with one attached hydrogen (secondary N) is 2. The Balaban J connectivity index is 1.65. The molecule has 0 radical (unpaired) electrons. The van der Waals surface area contributed by atoms with Crippen LogP contribution in [0.25, 0.3) is 0 Å². The van der Waals surface area contributed by atoms with Crippen molar-refractivity contribution in [2.24, 2.45) is 0 Å². The van der Waals surface area contributed by atoms with E-state index < -0.39 is 0 Å². The molecule has 0 spiro atoms. The van der Waals surface area contributed by atoms with Gasteiger partial charge < -0.3 is 15.4 Å². The molecule has 1 atom stereocenters. The van der Waals surface area contributed by atoms with Crippen molar-refractivity contribution in [3.05, 3.63) is 21.9 Å². The van der Waals surface area contributed by atoms with Gasteiger partial charge in [-0.15, -0.1) is 11.3 Å². The van der Waals surface area contributed by atoms with Crippen LogP contribution in [-0.2, 0) is 11.3 Å². The summed E-state index contributed by atoms with van der Waals surface area (Å²) in [6, 6.07) is 2.31. The summed E-state index contributed by atoms with van der Waals surface area (Å²) >= 11 is 1.67. The van der Waals surface area contributed by atoms with Gasteiger partial charge >= 0.3 is 6.03 Å². The second kappa shape index (κ2) is 7.61. The Bertz CT molecular complexity index is 430. The molecule has 0 saturated carbocycles. The molecule has 2 amide bonds. The van der Waals surface area contributed by atoms with Gasteiger partial charge in [-0.3, -0.25) is 4.90 Å². The van der Waals surface area contributed by atoms with Gasteiger partial charge in [-0.25, -0.2) is 4.79 Å². The standard InChI is InChI=1S/C14H23N3O2S/c1-11-3-8-20-13(11)10-16-14(18)15-9-12(2)17-4-6-19-7-5-17/h3,8,12H,4-7,9-10H2,1-2H3,(H2,15,16,18)/t12-/m1/s1. The van der Waals surface area contributed by atoms with Crippen LogP contribution in [0.1, 0.15) is 17.4 Å². The molecular formula is C14H23N3O2S. The summed E-state index contributed by atoms with van der Waals surface area (Å²) in [5, 5.41) is 7.88. The van der Waals surface area contributed by atoms with E-state index in [1.165, 1.54) is 10.4 Å². The Morgan fingerprint density at radius 2 is 2.20 bits per heavy atom. The van der Waals surface area contributed by atoms with Crippen LogP contribution < -0.4 is 10.6 Å². The fourth-order valence-electron chi connectivity index (χ4n) is 2.20. The van der Waals surface area contributed by atoms with Crippen molar-refractivity contribution in [2.75, 3.05) is 32.8 Å². The molecule has 20 heavy (non-hydrogen) atoms. The van der Waals surface area contributed by atoms with Crippen molar-refractivity contribution in [1.29, 1.82) is 0 Å². The first kappa shape index (κ1) is 15.3. The lowest BCUT2D eigenvalue weighted by atomic mass is 10.2. The van der Waals surface area contributed by atoms with Crippen LogP contribution in [0, 0.1) is 6.92 Å². The summed E-state index contributed by atoms with van der Waals surface area (Å²) in [6.45, 7) is 8.91. The Hall–Kier alpha value is -1.11. The van der Waals surface area contributed by atoms with Crippen molar-refractivity contribution >= 4 is 17.4 Å². The summed E-state index contributed by atoms with van der Waals surface area (Å²) in [6.07, 6.45) is 0. The number of rotatable bonds is 5. The lowest BCUT2D eigenvalue weighted by Gasteiger charge is -2.32. The highest BCUT2D eigenvalue weighted by molar-refractivity contribution is 7.10. The van der Waals surface area contributed by atoms with Gasteiger partial charge in [0.05, 0.1) is 19.8 Å². The van der Waals surface area contributed by atoms with Gasteiger partial charge in [0.2, 0.25) is 0 Å². The van der Waals surface area contributed by atoms with E-state index in [0.717, 1.165) is 26.3 Å². The topological polar surface area (TPSA) is 53.6 Å². The van der Waals surface area contributed by atoms with Gasteiger partial charge in [0, 0.05) is 30.6 Å². The number of ether oxygens (including phenoxy) is 1. The number of hydrogen-bond acceptors (Lipinski definition) is 4. The number of aryl methyl sites for hydroxylation is 1. The summed E-state index contributed by atoms with van der Waals surface area (Å²) < 4.78 is 5.33. The first-order valence-electron chi connectivity index (χ1n) is 7.03. The Morgan fingerprint density at radius 3 is 2.85 bits per heavy atom. The van der Waals surface area contributed by atoms with E-state index >= 15 is 0 Å². The molecule has 0 bridgehead atoms. The molecule has 1 aliphatic heterocycles. The lowest BCUT2D eigenvalue weighted by Crippen LogP contribution is -2.48. The number of morpholine rings is 1. The third kappa shape index (κ3) is 4.47. The highest BCUT2D eigenvalue weighted by Gasteiger charge is 2.17. The number of urea groups is 1. The van der Waals surface area contributed by atoms with Crippen LogP contribution in [0.3, 0.4) is 0 Å². The molecule has 1 aromatic heterocycles. The minimum Gasteiger partial charge on any atom is -0.379 e. The predicted molar refractivity (Wildman–Crippen MR) is 81.1 cm³/mol. The smallest absolute Gasteiger partial charge is 0.315 e. The van der Waals surface area contributed by atoms with Crippen molar-refractivity contribution < 1.29 is 9.53 Å². The minimum absolute atomic E-state index is 0.0992. The quantitative estimate of drug-likeness (QED) is 0.867. The highest BCUT2D eigenvalue weighted by Crippen LogP contribution is 2.14. The maximum atomic E-state index is 11.8. The van der Waals surface area contributed by atoms with Crippen molar-refractivity contribution in [3.8, 4) is 0 Å². The SMILES string of the molecule is Cc1ccsc1CNC(=O)NC[C@@H](C)N1CCOCC1. The number of carbonyl (C=O) groups is 1. The predicted octanol–water partition coefficient (Wildman–Crippen LogP) is 1.58. The van der Waals surface area contributed by atoms with Crippen LogP contribution in [0.4, 0.5) is 4.79 Å². The third-order valence-electron chi connectivity index (χ3n) is 3.60. The number of carbonyl (C=O) groups excluding carboxylic acids is 1. The zero-order valence-corrected chi connectivity index (χ0v) is 13.0. The normalized spacial score (nSPS) is 17.7. The largest absolute Gasteiger partial charge is 0.379 e. The van der Waals surface area contributed by atoms with Crippen LogP contribution in [0.5, 0.6) is 0 Å². The number of nitrogens with zero attached hydrogens (tertiary/aromatic N) is 1. The molecule has 1 aliphatic rings. The molecule has 0 unspecified atom stereocenters. The lowest BCUT2D eigenvalue weighted by molar-refractivity contribution is 0.0209. The first-order valence-corrected chi connectivity index (χ1v) is 7.91. The van der Waals surface area contributed by atoms with E-state index in [0.29, 0.717) is 19.1 Å². The van der Waals surface area contributed by atoms with Gasteiger partial charge in [-0.2, -0.15) is 0 Å². The molecule has 2 rings (SSSR count). The van der Waals surface area contributed by atoms with Crippen molar-refractivity contribution in [2.45, 2.75) is 26.4 Å². The molecule has 0 aliphatic carbocycles. The van der Waals surface area contributed by atoms with Crippen LogP contribution >= 0.6 is 11.3 Å². The third-order valence-corrected chi connectivity index (χ3v) is 4.63. The summed E-state index contributed by atoms with van der Waals surface area (Å²) in [5.74, 6) is 0. The van der Waals surface area contributed by atoms with Crippen molar-refractivity contribution in [1.82, 2.24) is 15.5 Å². The average Bonchev–Trinajstić information content (AvgIpc) is 2.89. The van der Waals surface area contributed by atoms with E-state index in [4.69, 9.17) is 4.74 Å². The molecule has 5 nitrogen and oxygen atoms in total. The molecule has 112 valence electrons. The number of thiophene rings is 1. The Morgan fingerprint density at radius 1 is 1.45 bits per heavy atom. The Kier molecular flexibility index (Phi) is 5.82. The monoisotopic (exact) mass is 297 g/mol. The van der Waals surface area contributed by atoms with Crippen LogP contribution in [0.2, 0.25) is 0 Å². The molecule has 2 heterocycles. The van der Waals surface area contributed by atoms with Crippen LogP contribution in [-0.4, -0.2) is 49.8 Å². The molecule has 6 heteroatoms. The summed E-state index contributed by atoms with van der Waals surface area (Å²) in [7, 11) is 0. The molecule has 1 aromatic rings. The van der Waals surface area contributed by atoms with E-state index in [9.17, 15) is 4.79 Å². The first-order chi connectivity index (χ1) is 9.66. The van der Waals surface area contributed by atoms with Crippen molar-refractivity contribution in [3.63, 3.8) is 0 Å². The number of amides is 2. The zero-order valence-electron chi connectivity index (χ0n) is 12.1. The fourth-order valence-corrected chi connectivity index (χ4v) is 3.04. The molecule has 1 fully saturated rings. The minimum atomic E-state index is -0.0992. The van der Waals surface area contributed by atoms with Gasteiger partial charge in [0.25, 0.3) is 0 Å². The van der Waals surface area contributed by atoms with E-state index in [-0.39, 0.29) is 6.03 Å². The second-order valence-corrected chi connectivity index (χ2v) is 6.09. The maximum Gasteiger partial charge on any atom is 0.315 e. The highest BCUT2D eigenvalue weighted by atomic mass is 32.1. The zero-order chi connectivity index (χ0) is 14.4. The van der Waals surface area contributed by atoms with Gasteiger partial charge in [-0.1, -0.05) is 0 Å². The number of hydrogen-bond donors (Lipinski definition) is 2. The van der Waals surface area contributed by atoms with Gasteiger partial charge in [0.1, 0.15) is 0 Å². The van der Waals surface area contributed by atoms with E-state index in [2.05, 4.69) is 35.4 Å². The Labute approximate surface area is 124 Å². The maximum absolute atomic E-state index is 11.8. The molecule has 0 aromatic carbocycles. The van der Waals surface area contributed by atoms with E-state index in [1.54, 1.807) is 11.3 Å². The van der Waals surface area contributed by atoms with Gasteiger partial charge in [-0.05, 0) is 30.9 Å². The second-order valence-electron chi connectivity index (χ2n) is 5.09.